The van der Waals surface area contributed by atoms with Crippen LogP contribution in [0.15, 0.2) is 42.5 Å². The van der Waals surface area contributed by atoms with Crippen molar-refractivity contribution in [3.05, 3.63) is 59.2 Å². The highest BCUT2D eigenvalue weighted by atomic mass is 16.6. The SMILES string of the molecule is N#Cc1ccc(CC(C(=O)O)c2ccc3c(c2)OCCO3)cc1. The Balaban J connectivity index is 1.86. The van der Waals surface area contributed by atoms with Gasteiger partial charge in [0.05, 0.1) is 17.6 Å². The molecule has 5 nitrogen and oxygen atoms in total. The lowest BCUT2D eigenvalue weighted by molar-refractivity contribution is -0.138. The summed E-state index contributed by atoms with van der Waals surface area (Å²) in [5.74, 6) is -0.354. The molecule has 0 amide bonds. The second kappa shape index (κ2) is 6.41. The van der Waals surface area contributed by atoms with Crippen LogP contribution in [0.5, 0.6) is 11.5 Å². The Hall–Kier alpha value is -3.00. The van der Waals surface area contributed by atoms with Crippen molar-refractivity contribution in [1.29, 1.82) is 5.26 Å². The monoisotopic (exact) mass is 309 g/mol. The van der Waals surface area contributed by atoms with Gasteiger partial charge in [-0.1, -0.05) is 18.2 Å². The molecule has 0 bridgehead atoms. The van der Waals surface area contributed by atoms with E-state index >= 15 is 0 Å². The fourth-order valence-corrected chi connectivity index (χ4v) is 2.58. The Morgan fingerprint density at radius 1 is 1.13 bits per heavy atom. The van der Waals surface area contributed by atoms with Gasteiger partial charge < -0.3 is 14.6 Å². The Bertz CT molecular complexity index is 762. The third-order valence-electron chi connectivity index (χ3n) is 3.79. The number of carbonyl (C=O) groups is 1. The molecule has 1 aliphatic heterocycles. The average molecular weight is 309 g/mol. The van der Waals surface area contributed by atoms with Crippen LogP contribution in [0, 0.1) is 11.3 Å². The van der Waals surface area contributed by atoms with Crippen molar-refractivity contribution in [3.8, 4) is 17.6 Å². The number of benzene rings is 2. The highest BCUT2D eigenvalue weighted by Gasteiger charge is 2.23. The lowest BCUT2D eigenvalue weighted by Gasteiger charge is -2.20. The molecule has 1 aliphatic rings. The third-order valence-corrected chi connectivity index (χ3v) is 3.79. The van der Waals surface area contributed by atoms with Gasteiger partial charge in [-0.15, -0.1) is 0 Å². The van der Waals surface area contributed by atoms with E-state index in [0.29, 0.717) is 42.3 Å². The van der Waals surface area contributed by atoms with Gasteiger partial charge in [-0.3, -0.25) is 4.79 Å². The molecular weight excluding hydrogens is 294 g/mol. The van der Waals surface area contributed by atoms with Crippen molar-refractivity contribution in [3.63, 3.8) is 0 Å². The molecule has 2 aromatic carbocycles. The number of ether oxygens (including phenoxy) is 2. The average Bonchev–Trinajstić information content (AvgIpc) is 2.59. The number of aliphatic carboxylic acids is 1. The molecule has 2 aromatic rings. The van der Waals surface area contributed by atoms with Crippen LogP contribution >= 0.6 is 0 Å². The quantitative estimate of drug-likeness (QED) is 0.939. The normalized spacial score (nSPS) is 13.9. The molecule has 1 atom stereocenters. The number of hydrogen-bond acceptors (Lipinski definition) is 4. The van der Waals surface area contributed by atoms with E-state index in [-0.39, 0.29) is 0 Å². The first-order valence-electron chi connectivity index (χ1n) is 7.29. The standard InChI is InChI=1S/C18H15NO4/c19-11-13-3-1-12(2-4-13)9-15(18(20)21)14-5-6-16-17(10-14)23-8-7-22-16/h1-6,10,15H,7-9H2,(H,20,21). The molecule has 1 N–H and O–H groups in total. The van der Waals surface area contributed by atoms with Crippen molar-refractivity contribution in [1.82, 2.24) is 0 Å². The topological polar surface area (TPSA) is 79.6 Å². The molecule has 5 heteroatoms. The summed E-state index contributed by atoms with van der Waals surface area (Å²) >= 11 is 0. The minimum absolute atomic E-state index is 0.348. The Morgan fingerprint density at radius 3 is 2.48 bits per heavy atom. The first-order chi connectivity index (χ1) is 11.2. The lowest BCUT2D eigenvalue weighted by Crippen LogP contribution is -2.18. The molecule has 0 fully saturated rings. The maximum Gasteiger partial charge on any atom is 0.311 e. The Kier molecular flexibility index (Phi) is 4.15. The fraction of sp³-hybridized carbons (Fsp3) is 0.222. The van der Waals surface area contributed by atoms with Crippen LogP contribution in [0.4, 0.5) is 0 Å². The van der Waals surface area contributed by atoms with Crippen LogP contribution in [-0.2, 0) is 11.2 Å². The van der Waals surface area contributed by atoms with Gasteiger partial charge in [-0.2, -0.15) is 5.26 Å². The highest BCUT2D eigenvalue weighted by Crippen LogP contribution is 2.34. The molecule has 0 saturated carbocycles. The summed E-state index contributed by atoms with van der Waals surface area (Å²) in [6, 6.07) is 14.2. The minimum atomic E-state index is -0.897. The molecular formula is C18H15NO4. The molecule has 116 valence electrons. The van der Waals surface area contributed by atoms with E-state index in [2.05, 4.69) is 0 Å². The van der Waals surface area contributed by atoms with Gasteiger partial charge in [-0.05, 0) is 41.8 Å². The van der Waals surface area contributed by atoms with Crippen molar-refractivity contribution < 1.29 is 19.4 Å². The summed E-state index contributed by atoms with van der Waals surface area (Å²) in [5, 5.41) is 18.4. The van der Waals surface area contributed by atoms with E-state index in [1.54, 1.807) is 42.5 Å². The molecule has 1 heterocycles. The Morgan fingerprint density at radius 2 is 1.83 bits per heavy atom. The summed E-state index contributed by atoms with van der Waals surface area (Å²) in [4.78, 5) is 11.7. The summed E-state index contributed by atoms with van der Waals surface area (Å²) in [7, 11) is 0. The first-order valence-corrected chi connectivity index (χ1v) is 7.29. The van der Waals surface area contributed by atoms with Crippen LogP contribution in [-0.4, -0.2) is 24.3 Å². The van der Waals surface area contributed by atoms with Gasteiger partial charge in [-0.25, -0.2) is 0 Å². The summed E-state index contributed by atoms with van der Waals surface area (Å²) < 4.78 is 11.0. The predicted octanol–water partition coefficient (Wildman–Crippen LogP) is 2.74. The smallest absolute Gasteiger partial charge is 0.311 e. The summed E-state index contributed by atoms with van der Waals surface area (Å²) in [6.45, 7) is 0.962. The fourth-order valence-electron chi connectivity index (χ4n) is 2.58. The largest absolute Gasteiger partial charge is 0.486 e. The van der Waals surface area contributed by atoms with Crippen LogP contribution < -0.4 is 9.47 Å². The number of nitrogens with zero attached hydrogens (tertiary/aromatic N) is 1. The van der Waals surface area contributed by atoms with Crippen LogP contribution in [0.2, 0.25) is 0 Å². The second-order valence-corrected chi connectivity index (χ2v) is 5.31. The number of carboxylic acid groups (broad SMARTS) is 1. The van der Waals surface area contributed by atoms with Gasteiger partial charge in [0.15, 0.2) is 11.5 Å². The zero-order chi connectivity index (χ0) is 16.2. The molecule has 1 unspecified atom stereocenters. The van der Waals surface area contributed by atoms with E-state index < -0.39 is 11.9 Å². The zero-order valence-corrected chi connectivity index (χ0v) is 12.4. The maximum atomic E-state index is 11.7. The molecule has 0 radical (unpaired) electrons. The molecule has 0 aromatic heterocycles. The van der Waals surface area contributed by atoms with Gasteiger partial charge in [0.25, 0.3) is 0 Å². The number of rotatable bonds is 4. The lowest BCUT2D eigenvalue weighted by atomic mass is 9.91. The Labute approximate surface area is 133 Å². The third kappa shape index (κ3) is 3.27. The van der Waals surface area contributed by atoms with Gasteiger partial charge in [0.2, 0.25) is 0 Å². The van der Waals surface area contributed by atoms with Crippen molar-refractivity contribution in [2.24, 2.45) is 0 Å². The highest BCUT2D eigenvalue weighted by molar-refractivity contribution is 5.77. The molecule has 23 heavy (non-hydrogen) atoms. The predicted molar refractivity (Wildman–Crippen MR) is 82.7 cm³/mol. The van der Waals surface area contributed by atoms with E-state index in [4.69, 9.17) is 14.7 Å². The van der Waals surface area contributed by atoms with Crippen molar-refractivity contribution >= 4 is 5.97 Å². The van der Waals surface area contributed by atoms with Crippen molar-refractivity contribution in [2.75, 3.05) is 13.2 Å². The number of nitriles is 1. The zero-order valence-electron chi connectivity index (χ0n) is 12.4. The molecule has 0 spiro atoms. The maximum absolute atomic E-state index is 11.7. The molecule has 0 aliphatic carbocycles. The van der Waals surface area contributed by atoms with Gasteiger partial charge in [0.1, 0.15) is 13.2 Å². The van der Waals surface area contributed by atoms with Gasteiger partial charge >= 0.3 is 5.97 Å². The van der Waals surface area contributed by atoms with E-state index in [0.717, 1.165) is 5.56 Å². The van der Waals surface area contributed by atoms with Crippen LogP contribution in [0.3, 0.4) is 0 Å². The van der Waals surface area contributed by atoms with Crippen LogP contribution in [0.1, 0.15) is 22.6 Å². The molecule has 3 rings (SSSR count). The summed E-state index contributed by atoms with van der Waals surface area (Å²) in [5.41, 5.74) is 2.09. The van der Waals surface area contributed by atoms with Gasteiger partial charge in [0, 0.05) is 0 Å². The van der Waals surface area contributed by atoms with E-state index in [1.165, 1.54) is 0 Å². The number of carboxylic acids is 1. The first kappa shape index (κ1) is 14.9. The summed E-state index contributed by atoms with van der Waals surface area (Å²) in [6.07, 6.45) is 0.348. The second-order valence-electron chi connectivity index (χ2n) is 5.31. The number of hydrogen-bond donors (Lipinski definition) is 1. The van der Waals surface area contributed by atoms with E-state index in [9.17, 15) is 9.90 Å². The van der Waals surface area contributed by atoms with E-state index in [1.807, 2.05) is 6.07 Å². The molecule has 0 saturated heterocycles. The van der Waals surface area contributed by atoms with Crippen LogP contribution in [0.25, 0.3) is 0 Å². The van der Waals surface area contributed by atoms with Crippen molar-refractivity contribution in [2.45, 2.75) is 12.3 Å². The minimum Gasteiger partial charge on any atom is -0.486 e. The number of fused-ring (bicyclic) bond motifs is 1.